The third-order valence-electron chi connectivity index (χ3n) is 3.63. The van der Waals surface area contributed by atoms with E-state index < -0.39 is 0 Å². The maximum absolute atomic E-state index is 12.4. The molecule has 136 valence electrons. The fourth-order valence-corrected chi connectivity index (χ4v) is 2.31. The minimum atomic E-state index is -0.233. The first-order valence-electron chi connectivity index (χ1n) is 7.51. The quantitative estimate of drug-likeness (QED) is 0.736. The van der Waals surface area contributed by atoms with Gasteiger partial charge in [-0.2, -0.15) is 0 Å². The average Bonchev–Trinajstić information content (AvgIpc) is 2.61. The first kappa shape index (κ1) is 20.4. The van der Waals surface area contributed by atoms with Crippen LogP contribution in [0.25, 0.3) is 0 Å². The zero-order chi connectivity index (χ0) is 17.5. The number of hydrogen-bond acceptors (Lipinski definition) is 5. The van der Waals surface area contributed by atoms with Gasteiger partial charge in [-0.3, -0.25) is 4.79 Å². The van der Waals surface area contributed by atoms with E-state index in [9.17, 15) is 4.79 Å². The zero-order valence-electron chi connectivity index (χ0n) is 14.5. The van der Waals surface area contributed by atoms with E-state index in [-0.39, 0.29) is 18.3 Å². The van der Waals surface area contributed by atoms with Gasteiger partial charge in [0.1, 0.15) is 5.75 Å². The van der Waals surface area contributed by atoms with Crippen molar-refractivity contribution in [2.45, 2.75) is 6.42 Å². The summed E-state index contributed by atoms with van der Waals surface area (Å²) in [6.07, 6.45) is 0.710. The van der Waals surface area contributed by atoms with Gasteiger partial charge in [-0.05, 0) is 24.1 Å². The number of carbonyl (C=O) groups excluding carboxylic acids is 1. The fourth-order valence-electron chi connectivity index (χ4n) is 2.31. The van der Waals surface area contributed by atoms with Crippen molar-refractivity contribution in [1.82, 2.24) is 5.32 Å². The van der Waals surface area contributed by atoms with Crippen LogP contribution in [0, 0.1) is 0 Å². The van der Waals surface area contributed by atoms with Crippen molar-refractivity contribution in [2.75, 3.05) is 33.6 Å². The van der Waals surface area contributed by atoms with Crippen LogP contribution >= 0.6 is 12.4 Å². The number of benzene rings is 2. The Hall–Kier alpha value is -2.60. The first-order chi connectivity index (χ1) is 11.6. The van der Waals surface area contributed by atoms with Crippen molar-refractivity contribution in [3.63, 3.8) is 0 Å². The topological polar surface area (TPSA) is 82.8 Å². The summed E-state index contributed by atoms with van der Waals surface area (Å²) >= 11 is 0. The average molecular weight is 367 g/mol. The lowest BCUT2D eigenvalue weighted by Gasteiger charge is -2.14. The largest absolute Gasteiger partial charge is 0.496 e. The van der Waals surface area contributed by atoms with Crippen LogP contribution < -0.4 is 25.3 Å². The number of nitrogens with one attached hydrogen (secondary N) is 1. The fraction of sp³-hybridized carbons (Fsp3) is 0.278. The van der Waals surface area contributed by atoms with Crippen molar-refractivity contribution in [3.8, 4) is 17.2 Å². The van der Waals surface area contributed by atoms with E-state index in [1.54, 1.807) is 12.1 Å². The normalized spacial score (nSPS) is 9.72. The van der Waals surface area contributed by atoms with Gasteiger partial charge in [0.05, 0.1) is 26.9 Å². The molecule has 0 heterocycles. The van der Waals surface area contributed by atoms with Crippen LogP contribution in [0.5, 0.6) is 17.2 Å². The highest BCUT2D eigenvalue weighted by atomic mass is 35.5. The molecular weight excluding hydrogens is 344 g/mol. The number of nitrogens with two attached hydrogens (primary N) is 1. The van der Waals surface area contributed by atoms with Gasteiger partial charge in [0, 0.05) is 24.4 Å². The lowest BCUT2D eigenvalue weighted by molar-refractivity contribution is 0.0950. The summed E-state index contributed by atoms with van der Waals surface area (Å²) in [5.74, 6) is 1.18. The lowest BCUT2D eigenvalue weighted by atomic mass is 10.1. The molecule has 0 atom stereocenters. The maximum atomic E-state index is 12.4. The molecule has 2 aromatic carbocycles. The van der Waals surface area contributed by atoms with E-state index in [0.29, 0.717) is 35.8 Å². The molecular formula is C18H23ClN2O4. The van der Waals surface area contributed by atoms with Crippen LogP contribution in [-0.4, -0.2) is 33.8 Å². The van der Waals surface area contributed by atoms with Gasteiger partial charge < -0.3 is 25.3 Å². The molecule has 7 heteroatoms. The van der Waals surface area contributed by atoms with Crippen molar-refractivity contribution in [2.24, 2.45) is 0 Å². The highest BCUT2D eigenvalue weighted by molar-refractivity contribution is 5.97. The number of anilines is 1. The van der Waals surface area contributed by atoms with Gasteiger partial charge in [-0.25, -0.2) is 0 Å². The summed E-state index contributed by atoms with van der Waals surface area (Å²) in [5, 5.41) is 2.88. The summed E-state index contributed by atoms with van der Waals surface area (Å²) in [4.78, 5) is 12.4. The second-order valence-electron chi connectivity index (χ2n) is 5.15. The Morgan fingerprint density at radius 3 is 2.08 bits per heavy atom. The van der Waals surface area contributed by atoms with Gasteiger partial charge in [0.2, 0.25) is 0 Å². The van der Waals surface area contributed by atoms with E-state index in [1.807, 2.05) is 24.3 Å². The summed E-state index contributed by atoms with van der Waals surface area (Å²) in [5.41, 5.74) is 7.87. The smallest absolute Gasteiger partial charge is 0.255 e. The molecule has 1 amide bonds. The molecule has 0 aliphatic carbocycles. The molecule has 0 aliphatic rings. The predicted molar refractivity (Wildman–Crippen MR) is 100 cm³/mol. The highest BCUT2D eigenvalue weighted by Crippen LogP contribution is 2.34. The van der Waals surface area contributed by atoms with E-state index in [0.717, 1.165) is 11.3 Å². The third-order valence-corrected chi connectivity index (χ3v) is 3.63. The van der Waals surface area contributed by atoms with Crippen molar-refractivity contribution < 1.29 is 19.0 Å². The molecule has 0 radical (unpaired) electrons. The van der Waals surface area contributed by atoms with Gasteiger partial charge in [0.15, 0.2) is 11.5 Å². The number of rotatable bonds is 7. The Bertz CT molecular complexity index is 705. The van der Waals surface area contributed by atoms with Crippen LogP contribution in [0.2, 0.25) is 0 Å². The molecule has 0 saturated heterocycles. The van der Waals surface area contributed by atoms with E-state index in [4.69, 9.17) is 19.9 Å². The summed E-state index contributed by atoms with van der Waals surface area (Å²) in [6, 6.07) is 10.8. The molecule has 0 unspecified atom stereocenters. The molecule has 0 aromatic heterocycles. The molecule has 0 spiro atoms. The van der Waals surface area contributed by atoms with E-state index in [1.165, 1.54) is 21.3 Å². The standard InChI is InChI=1S/C18H22N2O4.ClH/c1-22-15-11-17(24-3)16(23-2)10-14(15)18(21)20-9-8-12-4-6-13(19)7-5-12;/h4-7,10-11H,8-9,19H2,1-3H3,(H,20,21);1H. The van der Waals surface area contributed by atoms with Crippen LogP contribution in [-0.2, 0) is 6.42 Å². The van der Waals surface area contributed by atoms with Gasteiger partial charge in [-0.15, -0.1) is 12.4 Å². The maximum Gasteiger partial charge on any atom is 0.255 e. The summed E-state index contributed by atoms with van der Waals surface area (Å²) < 4.78 is 15.7. The molecule has 3 N–H and O–H groups in total. The molecule has 0 saturated carbocycles. The van der Waals surface area contributed by atoms with Crippen LogP contribution in [0.4, 0.5) is 5.69 Å². The molecule has 6 nitrogen and oxygen atoms in total. The van der Waals surface area contributed by atoms with Crippen LogP contribution in [0.3, 0.4) is 0 Å². The number of nitrogen functional groups attached to an aromatic ring is 1. The number of halogens is 1. The number of carbonyl (C=O) groups is 1. The Labute approximate surface area is 153 Å². The molecule has 25 heavy (non-hydrogen) atoms. The lowest BCUT2D eigenvalue weighted by Crippen LogP contribution is -2.26. The van der Waals surface area contributed by atoms with Gasteiger partial charge in [0.25, 0.3) is 5.91 Å². The van der Waals surface area contributed by atoms with Crippen LogP contribution in [0.1, 0.15) is 15.9 Å². The van der Waals surface area contributed by atoms with Crippen LogP contribution in [0.15, 0.2) is 36.4 Å². The van der Waals surface area contributed by atoms with Gasteiger partial charge >= 0.3 is 0 Å². The van der Waals surface area contributed by atoms with Gasteiger partial charge in [-0.1, -0.05) is 12.1 Å². The summed E-state index contributed by atoms with van der Waals surface area (Å²) in [7, 11) is 4.56. The second-order valence-corrected chi connectivity index (χ2v) is 5.15. The zero-order valence-corrected chi connectivity index (χ0v) is 15.3. The van der Waals surface area contributed by atoms with Crippen molar-refractivity contribution in [3.05, 3.63) is 47.5 Å². The minimum Gasteiger partial charge on any atom is -0.496 e. The minimum absolute atomic E-state index is 0. The Balaban J connectivity index is 0.00000312. The second kappa shape index (κ2) is 9.64. The van der Waals surface area contributed by atoms with Crippen molar-refractivity contribution in [1.29, 1.82) is 0 Å². The number of amides is 1. The molecule has 2 rings (SSSR count). The third kappa shape index (κ3) is 5.19. The Morgan fingerprint density at radius 2 is 1.52 bits per heavy atom. The first-order valence-corrected chi connectivity index (χ1v) is 7.51. The number of methoxy groups -OCH3 is 3. The molecule has 0 bridgehead atoms. The highest BCUT2D eigenvalue weighted by Gasteiger charge is 2.17. The Morgan fingerprint density at radius 1 is 0.960 bits per heavy atom. The van der Waals surface area contributed by atoms with E-state index >= 15 is 0 Å². The van der Waals surface area contributed by atoms with Crippen molar-refractivity contribution >= 4 is 24.0 Å². The molecule has 2 aromatic rings. The molecule has 0 fully saturated rings. The SMILES string of the molecule is COc1cc(OC)c(C(=O)NCCc2ccc(N)cc2)cc1OC.Cl. The predicted octanol–water partition coefficient (Wildman–Crippen LogP) is 2.69. The number of hydrogen-bond donors (Lipinski definition) is 2. The summed E-state index contributed by atoms with van der Waals surface area (Å²) in [6.45, 7) is 0.500. The number of ether oxygens (including phenoxy) is 3. The Kier molecular flexibility index (Phi) is 7.88. The monoisotopic (exact) mass is 366 g/mol. The van der Waals surface area contributed by atoms with E-state index in [2.05, 4.69) is 5.32 Å². The molecule has 0 aliphatic heterocycles.